The number of rotatable bonds is 8. The Morgan fingerprint density at radius 2 is 1.97 bits per heavy atom. The summed E-state index contributed by atoms with van der Waals surface area (Å²) in [4.78, 5) is 18.7. The summed E-state index contributed by atoms with van der Waals surface area (Å²) in [5.74, 6) is 0.0259. The molecule has 0 unspecified atom stereocenters. The lowest BCUT2D eigenvalue weighted by atomic mass is 10.2. The van der Waals surface area contributed by atoms with E-state index >= 15 is 0 Å². The number of allylic oxidation sites excluding steroid dienone is 2. The minimum absolute atomic E-state index is 0.0155. The molecule has 2 amide bonds. The van der Waals surface area contributed by atoms with Crippen molar-refractivity contribution in [2.24, 2.45) is 7.05 Å². The predicted octanol–water partition coefficient (Wildman–Crippen LogP) is 2.59. The maximum Gasteiger partial charge on any atom is 0.318 e. The van der Waals surface area contributed by atoms with Crippen LogP contribution in [-0.2, 0) is 24.9 Å². The number of urea groups is 1. The molecule has 1 aromatic rings. The van der Waals surface area contributed by atoms with Gasteiger partial charge in [0.05, 0.1) is 31.6 Å². The van der Waals surface area contributed by atoms with Crippen molar-refractivity contribution in [3.05, 3.63) is 40.8 Å². The molecule has 8 nitrogen and oxygen atoms in total. The normalized spacial score (nSPS) is 18.2. The predicted molar refractivity (Wildman–Crippen MR) is 118 cm³/mol. The molecule has 0 atom stereocenters. The van der Waals surface area contributed by atoms with Crippen molar-refractivity contribution >= 4 is 6.03 Å². The topological polar surface area (TPSA) is 65.9 Å². The van der Waals surface area contributed by atoms with Crippen LogP contribution in [0.1, 0.15) is 37.9 Å². The van der Waals surface area contributed by atoms with Crippen molar-refractivity contribution < 1.29 is 13.9 Å². The van der Waals surface area contributed by atoms with Crippen LogP contribution in [0.2, 0.25) is 0 Å². The fourth-order valence-electron chi connectivity index (χ4n) is 4.29. The fraction of sp³-hybridized carbons (Fsp3) is 0.636. The lowest BCUT2D eigenvalue weighted by Crippen LogP contribution is -2.46. The first kappa shape index (κ1) is 23.1. The second kappa shape index (κ2) is 10.7. The number of carbonyl (C=O) groups is 1. The maximum atomic E-state index is 13.7. The quantitative estimate of drug-likeness (QED) is 0.387. The molecule has 31 heavy (non-hydrogen) atoms. The molecule has 0 spiro atoms. The van der Waals surface area contributed by atoms with Crippen LogP contribution in [0.4, 0.5) is 9.18 Å². The number of piperazine rings is 1. The first-order chi connectivity index (χ1) is 14.9. The van der Waals surface area contributed by atoms with Gasteiger partial charge in [-0.05, 0) is 33.2 Å². The number of hydrogen-bond donors (Lipinski definition) is 1. The van der Waals surface area contributed by atoms with E-state index in [4.69, 9.17) is 4.74 Å². The minimum atomic E-state index is -0.297. The van der Waals surface area contributed by atoms with Gasteiger partial charge in [-0.15, -0.1) is 0 Å². The maximum absolute atomic E-state index is 13.7. The molecule has 1 saturated heterocycles. The summed E-state index contributed by atoms with van der Waals surface area (Å²) < 4.78 is 20.8. The number of methoxy groups -OCH3 is 1. The minimum Gasteiger partial charge on any atom is -0.492 e. The highest BCUT2D eigenvalue weighted by Crippen LogP contribution is 2.22. The molecule has 3 rings (SSSR count). The number of ether oxygens (including phenoxy) is 1. The molecule has 9 heteroatoms. The number of nitrogens with one attached hydrogen (secondary N) is 1. The van der Waals surface area contributed by atoms with E-state index < -0.39 is 0 Å². The number of halogens is 1. The zero-order valence-corrected chi connectivity index (χ0v) is 19.2. The number of aryl methyl sites for hydroxylation is 1. The fourth-order valence-corrected chi connectivity index (χ4v) is 4.29. The van der Waals surface area contributed by atoms with Crippen LogP contribution >= 0.6 is 0 Å². The van der Waals surface area contributed by atoms with Crippen LogP contribution in [0.5, 0.6) is 0 Å². The molecule has 2 aliphatic rings. The Morgan fingerprint density at radius 1 is 1.23 bits per heavy atom. The van der Waals surface area contributed by atoms with Crippen LogP contribution in [0.15, 0.2) is 29.6 Å². The Morgan fingerprint density at radius 3 is 2.58 bits per heavy atom. The lowest BCUT2D eigenvalue weighted by Gasteiger charge is -2.37. The standard InChI is InChI=1S/C22H35FN6O2/c1-5-20(21(31-4)17(2)23)28-12-10-27(11-13-28)9-7-6-8-24-22(30)29-15-18-14-26(3)25-19(18)16-29/h5,14H,6-13,15-16H2,1-4H3,(H,24,30)/b20-5+,21-17-. The van der Waals surface area contributed by atoms with E-state index in [0.29, 0.717) is 25.4 Å². The molecular weight excluding hydrogens is 399 g/mol. The van der Waals surface area contributed by atoms with Crippen molar-refractivity contribution in [3.63, 3.8) is 0 Å². The van der Waals surface area contributed by atoms with E-state index in [0.717, 1.165) is 62.5 Å². The Bertz CT molecular complexity index is 798. The van der Waals surface area contributed by atoms with E-state index in [-0.39, 0.29) is 11.9 Å². The highest BCUT2D eigenvalue weighted by atomic mass is 19.1. The van der Waals surface area contributed by atoms with E-state index in [1.165, 1.54) is 14.0 Å². The van der Waals surface area contributed by atoms with Crippen molar-refractivity contribution in [1.29, 1.82) is 0 Å². The monoisotopic (exact) mass is 434 g/mol. The van der Waals surface area contributed by atoms with Gasteiger partial charge in [-0.1, -0.05) is 6.08 Å². The Hall–Kier alpha value is -2.55. The number of hydrogen-bond acceptors (Lipinski definition) is 5. The first-order valence-corrected chi connectivity index (χ1v) is 11.0. The van der Waals surface area contributed by atoms with Crippen molar-refractivity contribution in [1.82, 2.24) is 29.8 Å². The third kappa shape index (κ3) is 5.78. The molecular formula is C22H35FN6O2. The van der Waals surface area contributed by atoms with Crippen LogP contribution in [0.25, 0.3) is 0 Å². The first-order valence-electron chi connectivity index (χ1n) is 11.0. The molecule has 3 heterocycles. The average Bonchev–Trinajstić information content (AvgIpc) is 3.29. The lowest BCUT2D eigenvalue weighted by molar-refractivity contribution is 0.146. The van der Waals surface area contributed by atoms with Crippen molar-refractivity contribution in [2.45, 2.75) is 39.8 Å². The highest BCUT2D eigenvalue weighted by molar-refractivity contribution is 5.74. The number of unbranched alkanes of at least 4 members (excludes halogenated alkanes) is 1. The Kier molecular flexibility index (Phi) is 7.95. The Balaban J connectivity index is 1.31. The van der Waals surface area contributed by atoms with Crippen LogP contribution in [-0.4, -0.2) is 76.9 Å². The molecule has 0 radical (unpaired) electrons. The number of fused-ring (bicyclic) bond motifs is 1. The molecule has 1 fully saturated rings. The molecule has 0 saturated carbocycles. The van der Waals surface area contributed by atoms with Gasteiger partial charge in [0.1, 0.15) is 5.83 Å². The number of nitrogens with zero attached hydrogens (tertiary/aromatic N) is 5. The molecule has 2 aliphatic heterocycles. The van der Waals surface area contributed by atoms with Gasteiger partial charge in [-0.2, -0.15) is 5.10 Å². The Labute approximate surface area is 184 Å². The SMILES string of the molecule is C/C=C(\C(OC)=C(/C)F)N1CCN(CCCCNC(=O)N2Cc3cn(C)nc3C2)CC1. The summed E-state index contributed by atoms with van der Waals surface area (Å²) in [7, 11) is 3.41. The van der Waals surface area contributed by atoms with Gasteiger partial charge in [0.15, 0.2) is 5.76 Å². The second-order valence-corrected chi connectivity index (χ2v) is 8.14. The third-order valence-corrected chi connectivity index (χ3v) is 5.89. The molecule has 1 N–H and O–H groups in total. The summed E-state index contributed by atoms with van der Waals surface area (Å²) in [6, 6.07) is -0.0155. The molecule has 172 valence electrons. The van der Waals surface area contributed by atoms with Crippen LogP contribution in [0, 0.1) is 0 Å². The van der Waals surface area contributed by atoms with Gasteiger partial charge in [-0.3, -0.25) is 9.58 Å². The van der Waals surface area contributed by atoms with Gasteiger partial charge in [0, 0.05) is 51.5 Å². The van der Waals surface area contributed by atoms with Gasteiger partial charge in [-0.25, -0.2) is 9.18 Å². The van der Waals surface area contributed by atoms with Gasteiger partial charge in [0.2, 0.25) is 0 Å². The third-order valence-electron chi connectivity index (χ3n) is 5.89. The average molecular weight is 435 g/mol. The van der Waals surface area contributed by atoms with Gasteiger partial charge >= 0.3 is 6.03 Å². The summed E-state index contributed by atoms with van der Waals surface area (Å²) in [5.41, 5.74) is 2.95. The zero-order chi connectivity index (χ0) is 22.4. The number of amides is 2. The van der Waals surface area contributed by atoms with E-state index in [2.05, 4.69) is 20.2 Å². The molecule has 0 aromatic carbocycles. The largest absolute Gasteiger partial charge is 0.492 e. The smallest absolute Gasteiger partial charge is 0.318 e. The van der Waals surface area contributed by atoms with Gasteiger partial charge < -0.3 is 19.9 Å². The van der Waals surface area contributed by atoms with E-state index in [1.54, 1.807) is 9.58 Å². The second-order valence-electron chi connectivity index (χ2n) is 8.14. The van der Waals surface area contributed by atoms with E-state index in [9.17, 15) is 9.18 Å². The summed E-state index contributed by atoms with van der Waals surface area (Å²) in [6.45, 7) is 9.81. The number of aromatic nitrogens is 2. The highest BCUT2D eigenvalue weighted by Gasteiger charge is 2.26. The zero-order valence-electron chi connectivity index (χ0n) is 19.2. The van der Waals surface area contributed by atoms with Gasteiger partial charge in [0.25, 0.3) is 0 Å². The number of carbonyl (C=O) groups excluding carboxylic acids is 1. The summed E-state index contributed by atoms with van der Waals surface area (Å²) >= 11 is 0. The summed E-state index contributed by atoms with van der Waals surface area (Å²) in [5, 5.41) is 7.41. The molecule has 1 aromatic heterocycles. The molecule has 0 bridgehead atoms. The van der Waals surface area contributed by atoms with Crippen LogP contribution in [0.3, 0.4) is 0 Å². The summed E-state index contributed by atoms with van der Waals surface area (Å²) in [6.07, 6.45) is 5.87. The van der Waals surface area contributed by atoms with Crippen molar-refractivity contribution in [3.8, 4) is 0 Å². The van der Waals surface area contributed by atoms with Crippen molar-refractivity contribution in [2.75, 3.05) is 46.4 Å². The van der Waals surface area contributed by atoms with E-state index in [1.807, 2.05) is 26.2 Å². The molecule has 0 aliphatic carbocycles. The van der Waals surface area contributed by atoms with Crippen LogP contribution < -0.4 is 5.32 Å².